The van der Waals surface area contributed by atoms with Crippen molar-refractivity contribution in [1.29, 1.82) is 0 Å². The zero-order valence-corrected chi connectivity index (χ0v) is 15.6. The first-order valence-electron chi connectivity index (χ1n) is 9.07. The lowest BCUT2D eigenvalue weighted by molar-refractivity contribution is -0.135. The number of piperidine rings is 1. The van der Waals surface area contributed by atoms with E-state index in [0.717, 1.165) is 37.1 Å². The van der Waals surface area contributed by atoms with Crippen LogP contribution < -0.4 is 10.1 Å². The van der Waals surface area contributed by atoms with Crippen molar-refractivity contribution in [2.75, 3.05) is 19.6 Å². The van der Waals surface area contributed by atoms with E-state index in [-0.39, 0.29) is 18.1 Å². The molecule has 2 aromatic rings. The summed E-state index contributed by atoms with van der Waals surface area (Å²) in [6.07, 6.45) is 4.43. The van der Waals surface area contributed by atoms with Gasteiger partial charge in [0, 0.05) is 57.2 Å². The SMILES string of the molecule is Cn1ncc2c1CCNC2C(=O)N1CCC(Oc2ccccc2Cl)CC1. The number of nitrogens with zero attached hydrogens (tertiary/aromatic N) is 3. The van der Waals surface area contributed by atoms with Gasteiger partial charge in [-0.05, 0) is 12.1 Å². The molecule has 2 aliphatic heterocycles. The zero-order chi connectivity index (χ0) is 18.1. The van der Waals surface area contributed by atoms with Gasteiger partial charge in [-0.25, -0.2) is 0 Å². The molecule has 7 heteroatoms. The average molecular weight is 375 g/mol. The topological polar surface area (TPSA) is 59.4 Å². The molecule has 1 aromatic carbocycles. The molecule has 2 aliphatic rings. The molecule has 3 heterocycles. The Morgan fingerprint density at radius 2 is 2.08 bits per heavy atom. The fourth-order valence-electron chi connectivity index (χ4n) is 3.79. The number of likely N-dealkylation sites (tertiary alicyclic amines) is 1. The predicted molar refractivity (Wildman–Crippen MR) is 99.3 cm³/mol. The zero-order valence-electron chi connectivity index (χ0n) is 14.8. The number of carbonyl (C=O) groups is 1. The minimum Gasteiger partial charge on any atom is -0.489 e. The third kappa shape index (κ3) is 3.31. The van der Waals surface area contributed by atoms with Crippen molar-refractivity contribution in [3.05, 3.63) is 46.7 Å². The molecule has 4 rings (SSSR count). The normalized spacial score (nSPS) is 20.7. The van der Waals surface area contributed by atoms with Gasteiger partial charge in [-0.2, -0.15) is 5.10 Å². The van der Waals surface area contributed by atoms with Crippen molar-refractivity contribution in [3.8, 4) is 5.75 Å². The van der Waals surface area contributed by atoms with Crippen molar-refractivity contribution in [2.24, 2.45) is 7.05 Å². The Morgan fingerprint density at radius 3 is 2.85 bits per heavy atom. The summed E-state index contributed by atoms with van der Waals surface area (Å²) in [6.45, 7) is 2.19. The highest BCUT2D eigenvalue weighted by Gasteiger charge is 2.33. The summed E-state index contributed by atoms with van der Waals surface area (Å²) in [4.78, 5) is 14.9. The summed E-state index contributed by atoms with van der Waals surface area (Å²) in [5.74, 6) is 0.850. The number of nitrogens with one attached hydrogen (secondary N) is 1. The van der Waals surface area contributed by atoms with Crippen LogP contribution >= 0.6 is 11.6 Å². The third-order valence-electron chi connectivity index (χ3n) is 5.25. The van der Waals surface area contributed by atoms with Crippen LogP contribution in [0.3, 0.4) is 0 Å². The number of hydrogen-bond donors (Lipinski definition) is 1. The van der Waals surface area contributed by atoms with E-state index >= 15 is 0 Å². The van der Waals surface area contributed by atoms with Crippen LogP contribution in [0.4, 0.5) is 0 Å². The molecule has 1 saturated heterocycles. The highest BCUT2D eigenvalue weighted by molar-refractivity contribution is 6.32. The summed E-state index contributed by atoms with van der Waals surface area (Å²) in [6, 6.07) is 7.24. The van der Waals surface area contributed by atoms with Crippen molar-refractivity contribution in [3.63, 3.8) is 0 Å². The quantitative estimate of drug-likeness (QED) is 0.895. The number of para-hydroxylation sites is 1. The van der Waals surface area contributed by atoms with Crippen LogP contribution in [0.5, 0.6) is 5.75 Å². The van der Waals surface area contributed by atoms with Crippen molar-refractivity contribution < 1.29 is 9.53 Å². The number of aryl methyl sites for hydroxylation is 1. The minimum atomic E-state index is -0.284. The maximum atomic E-state index is 13.0. The van der Waals surface area contributed by atoms with Crippen molar-refractivity contribution >= 4 is 17.5 Å². The van der Waals surface area contributed by atoms with E-state index in [1.165, 1.54) is 0 Å². The minimum absolute atomic E-state index is 0.0900. The molecule has 0 spiro atoms. The number of rotatable bonds is 3. The van der Waals surface area contributed by atoms with Gasteiger partial charge >= 0.3 is 0 Å². The Morgan fingerprint density at radius 1 is 1.31 bits per heavy atom. The van der Waals surface area contributed by atoms with E-state index in [9.17, 15) is 4.79 Å². The first-order valence-corrected chi connectivity index (χ1v) is 9.45. The lowest BCUT2D eigenvalue weighted by Crippen LogP contribution is -2.48. The number of carbonyl (C=O) groups excluding carboxylic acids is 1. The smallest absolute Gasteiger partial charge is 0.244 e. The first-order chi connectivity index (χ1) is 12.6. The predicted octanol–water partition coefficient (Wildman–Crippen LogP) is 2.33. The third-order valence-corrected chi connectivity index (χ3v) is 5.56. The summed E-state index contributed by atoms with van der Waals surface area (Å²) in [5, 5.41) is 8.29. The summed E-state index contributed by atoms with van der Waals surface area (Å²) < 4.78 is 7.90. The van der Waals surface area contributed by atoms with Crippen LogP contribution in [-0.4, -0.2) is 46.3 Å². The monoisotopic (exact) mass is 374 g/mol. The maximum absolute atomic E-state index is 13.0. The van der Waals surface area contributed by atoms with Crippen LogP contribution in [0.1, 0.15) is 30.1 Å². The van der Waals surface area contributed by atoms with E-state index in [0.29, 0.717) is 23.9 Å². The lowest BCUT2D eigenvalue weighted by Gasteiger charge is -2.35. The standard InChI is InChI=1S/C19H23ClN4O2/c1-23-16-6-9-21-18(14(16)12-22-23)19(25)24-10-7-13(8-11-24)26-17-5-3-2-4-15(17)20/h2-5,12-13,18,21H,6-11H2,1H3. The van der Waals surface area contributed by atoms with Gasteiger partial charge in [0.15, 0.2) is 0 Å². The summed E-state index contributed by atoms with van der Waals surface area (Å²) in [5.41, 5.74) is 2.16. The van der Waals surface area contributed by atoms with Crippen LogP contribution in [0.15, 0.2) is 30.5 Å². The van der Waals surface area contributed by atoms with E-state index in [1.54, 1.807) is 0 Å². The van der Waals surface area contributed by atoms with Gasteiger partial charge in [-0.3, -0.25) is 9.48 Å². The molecule has 6 nitrogen and oxygen atoms in total. The lowest BCUT2D eigenvalue weighted by atomic mass is 9.98. The summed E-state index contributed by atoms with van der Waals surface area (Å²) >= 11 is 6.17. The van der Waals surface area contributed by atoms with E-state index in [1.807, 2.05) is 47.1 Å². The molecular weight excluding hydrogens is 352 g/mol. The van der Waals surface area contributed by atoms with E-state index < -0.39 is 0 Å². The van der Waals surface area contributed by atoms with Crippen LogP contribution in [0, 0.1) is 0 Å². The van der Waals surface area contributed by atoms with Crippen LogP contribution in [0.25, 0.3) is 0 Å². The van der Waals surface area contributed by atoms with Gasteiger partial charge in [0.25, 0.3) is 0 Å². The molecule has 1 amide bonds. The highest BCUT2D eigenvalue weighted by Crippen LogP contribution is 2.28. The summed E-state index contributed by atoms with van der Waals surface area (Å²) in [7, 11) is 1.93. The average Bonchev–Trinajstić information content (AvgIpc) is 3.05. The van der Waals surface area contributed by atoms with Gasteiger partial charge in [0.05, 0.1) is 11.2 Å². The fourth-order valence-corrected chi connectivity index (χ4v) is 3.97. The van der Waals surface area contributed by atoms with Crippen LogP contribution in [0.2, 0.25) is 5.02 Å². The number of benzene rings is 1. The first kappa shape index (κ1) is 17.4. The number of aromatic nitrogens is 2. The number of halogens is 1. The Hall–Kier alpha value is -2.05. The van der Waals surface area contributed by atoms with Gasteiger partial charge in [0.1, 0.15) is 17.9 Å². The van der Waals surface area contributed by atoms with E-state index in [4.69, 9.17) is 16.3 Å². The molecule has 0 saturated carbocycles. The van der Waals surface area contributed by atoms with Crippen LogP contribution in [-0.2, 0) is 18.3 Å². The second-order valence-electron chi connectivity index (χ2n) is 6.88. The Balaban J connectivity index is 1.38. The van der Waals surface area contributed by atoms with Crippen molar-refractivity contribution in [1.82, 2.24) is 20.0 Å². The molecule has 26 heavy (non-hydrogen) atoms. The van der Waals surface area contributed by atoms with E-state index in [2.05, 4.69) is 10.4 Å². The molecule has 0 bridgehead atoms. The molecule has 1 unspecified atom stereocenters. The molecule has 1 fully saturated rings. The fraction of sp³-hybridized carbons (Fsp3) is 0.474. The molecule has 1 aromatic heterocycles. The number of ether oxygens (including phenoxy) is 1. The molecule has 138 valence electrons. The highest BCUT2D eigenvalue weighted by atomic mass is 35.5. The Labute approximate surface area is 158 Å². The van der Waals surface area contributed by atoms with Crippen molar-refractivity contribution in [2.45, 2.75) is 31.4 Å². The van der Waals surface area contributed by atoms with Gasteiger partial charge < -0.3 is 15.0 Å². The second kappa shape index (κ2) is 7.29. The molecule has 0 aliphatic carbocycles. The number of amides is 1. The molecule has 1 atom stereocenters. The molecule has 1 N–H and O–H groups in total. The van der Waals surface area contributed by atoms with Gasteiger partial charge in [-0.15, -0.1) is 0 Å². The van der Waals surface area contributed by atoms with Gasteiger partial charge in [0.2, 0.25) is 5.91 Å². The van der Waals surface area contributed by atoms with Gasteiger partial charge in [-0.1, -0.05) is 23.7 Å². The number of fused-ring (bicyclic) bond motifs is 1. The Kier molecular flexibility index (Phi) is 4.87. The maximum Gasteiger partial charge on any atom is 0.244 e. The molecule has 0 radical (unpaired) electrons. The Bertz CT molecular complexity index is 799. The molecular formula is C19H23ClN4O2. The largest absolute Gasteiger partial charge is 0.489 e. The number of hydrogen-bond acceptors (Lipinski definition) is 4. The second-order valence-corrected chi connectivity index (χ2v) is 7.29.